The molecule has 2 fully saturated rings. The van der Waals surface area contributed by atoms with E-state index in [0.717, 1.165) is 25.9 Å². The number of furan rings is 1. The molecular formula is C14H22ClN3O4S. The van der Waals surface area contributed by atoms with Crippen LogP contribution in [0.1, 0.15) is 23.4 Å². The Bertz CT molecular complexity index is 647. The fraction of sp³-hybridized carbons (Fsp3) is 0.643. The predicted molar refractivity (Wildman–Crippen MR) is 87.2 cm³/mol. The van der Waals surface area contributed by atoms with Crippen LogP contribution in [0.2, 0.25) is 0 Å². The lowest BCUT2D eigenvalue weighted by molar-refractivity contribution is 0.0720. The Kier molecular flexibility index (Phi) is 5.72. The molecule has 9 heteroatoms. The minimum absolute atomic E-state index is 0. The standard InChI is InChI=1S/C14H21N3O4S.ClH/c1-15-22(19,20)13-3-2-12(21-13)14(18)17-6-4-10-8-16-9-11(10)5-7-17;/h2-3,10-11,15-16H,4-9H2,1H3;1H/t10-,11+;. The number of likely N-dealkylation sites (tertiary alicyclic amines) is 1. The molecule has 130 valence electrons. The summed E-state index contributed by atoms with van der Waals surface area (Å²) in [6.07, 6.45) is 1.96. The van der Waals surface area contributed by atoms with Gasteiger partial charge < -0.3 is 14.6 Å². The molecular weight excluding hydrogens is 342 g/mol. The van der Waals surface area contributed by atoms with Gasteiger partial charge in [0, 0.05) is 13.1 Å². The molecule has 3 heterocycles. The number of nitrogens with one attached hydrogen (secondary N) is 2. The summed E-state index contributed by atoms with van der Waals surface area (Å²) in [7, 11) is -2.35. The van der Waals surface area contributed by atoms with Gasteiger partial charge in [-0.3, -0.25) is 4.79 Å². The second kappa shape index (κ2) is 7.21. The van der Waals surface area contributed by atoms with Crippen molar-refractivity contribution in [3.63, 3.8) is 0 Å². The summed E-state index contributed by atoms with van der Waals surface area (Å²) in [5.41, 5.74) is 0. The van der Waals surface area contributed by atoms with E-state index in [2.05, 4.69) is 10.0 Å². The van der Waals surface area contributed by atoms with E-state index in [4.69, 9.17) is 4.42 Å². The van der Waals surface area contributed by atoms with Gasteiger partial charge in [0.2, 0.25) is 5.09 Å². The van der Waals surface area contributed by atoms with Crippen LogP contribution in [0.4, 0.5) is 0 Å². The summed E-state index contributed by atoms with van der Waals surface area (Å²) in [6, 6.07) is 2.75. The second-order valence-electron chi connectivity index (χ2n) is 5.87. The van der Waals surface area contributed by atoms with Gasteiger partial charge in [0.1, 0.15) is 0 Å². The van der Waals surface area contributed by atoms with Crippen LogP contribution in [-0.2, 0) is 10.0 Å². The Hall–Kier alpha value is -1.09. The van der Waals surface area contributed by atoms with Crippen molar-refractivity contribution < 1.29 is 17.6 Å². The first-order chi connectivity index (χ1) is 10.5. The van der Waals surface area contributed by atoms with Gasteiger partial charge in [0.25, 0.3) is 15.9 Å². The SMILES string of the molecule is CNS(=O)(=O)c1ccc(C(=O)N2CC[C@@H]3CNC[C@@H]3CC2)o1.Cl. The van der Waals surface area contributed by atoms with Crippen LogP contribution < -0.4 is 10.0 Å². The quantitative estimate of drug-likeness (QED) is 0.824. The molecule has 0 aliphatic carbocycles. The Balaban J connectivity index is 0.00000192. The number of hydrogen-bond donors (Lipinski definition) is 2. The Morgan fingerprint density at radius 2 is 1.87 bits per heavy atom. The molecule has 3 rings (SSSR count). The predicted octanol–water partition coefficient (Wildman–Crippen LogP) is 0.681. The zero-order valence-corrected chi connectivity index (χ0v) is 14.6. The van der Waals surface area contributed by atoms with E-state index < -0.39 is 10.0 Å². The van der Waals surface area contributed by atoms with Crippen molar-refractivity contribution in [2.24, 2.45) is 11.8 Å². The maximum absolute atomic E-state index is 12.5. The smallest absolute Gasteiger partial charge is 0.289 e. The lowest BCUT2D eigenvalue weighted by Gasteiger charge is -2.19. The van der Waals surface area contributed by atoms with Crippen LogP contribution in [0.25, 0.3) is 0 Å². The molecule has 0 radical (unpaired) electrons. The molecule has 0 bridgehead atoms. The highest BCUT2D eigenvalue weighted by molar-refractivity contribution is 7.89. The van der Waals surface area contributed by atoms with E-state index >= 15 is 0 Å². The van der Waals surface area contributed by atoms with Crippen molar-refractivity contribution >= 4 is 28.3 Å². The highest BCUT2D eigenvalue weighted by Crippen LogP contribution is 2.28. The molecule has 1 amide bonds. The third-order valence-corrected chi connectivity index (χ3v) is 5.92. The normalized spacial score (nSPS) is 24.7. The monoisotopic (exact) mass is 363 g/mol. The van der Waals surface area contributed by atoms with Crippen molar-refractivity contribution in [2.75, 3.05) is 33.2 Å². The molecule has 0 spiro atoms. The molecule has 1 aromatic rings. The number of halogens is 1. The summed E-state index contributed by atoms with van der Waals surface area (Å²) in [6.45, 7) is 3.43. The van der Waals surface area contributed by atoms with Crippen LogP contribution in [-0.4, -0.2) is 52.5 Å². The largest absolute Gasteiger partial charge is 0.438 e. The van der Waals surface area contributed by atoms with Gasteiger partial charge in [0.15, 0.2) is 5.76 Å². The lowest BCUT2D eigenvalue weighted by atomic mass is 9.92. The van der Waals surface area contributed by atoms with Crippen LogP contribution >= 0.6 is 12.4 Å². The lowest BCUT2D eigenvalue weighted by Crippen LogP contribution is -2.32. The Morgan fingerprint density at radius 1 is 1.26 bits per heavy atom. The fourth-order valence-electron chi connectivity index (χ4n) is 3.26. The zero-order chi connectivity index (χ0) is 15.7. The number of rotatable bonds is 3. The molecule has 2 atom stereocenters. The van der Waals surface area contributed by atoms with Gasteiger partial charge >= 0.3 is 0 Å². The second-order valence-corrected chi connectivity index (χ2v) is 7.69. The summed E-state index contributed by atoms with van der Waals surface area (Å²) >= 11 is 0. The first kappa shape index (κ1) is 18.3. The topological polar surface area (TPSA) is 91.7 Å². The molecule has 7 nitrogen and oxygen atoms in total. The minimum atomic E-state index is -3.66. The summed E-state index contributed by atoms with van der Waals surface area (Å²) in [4.78, 5) is 14.3. The molecule has 2 aliphatic heterocycles. The van der Waals surface area contributed by atoms with Gasteiger partial charge in [-0.25, -0.2) is 13.1 Å². The number of nitrogens with zero attached hydrogens (tertiary/aromatic N) is 1. The Labute approximate surface area is 142 Å². The van der Waals surface area contributed by atoms with Crippen molar-refractivity contribution in [3.8, 4) is 0 Å². The van der Waals surface area contributed by atoms with E-state index in [1.54, 1.807) is 4.90 Å². The van der Waals surface area contributed by atoms with E-state index in [9.17, 15) is 13.2 Å². The molecule has 23 heavy (non-hydrogen) atoms. The number of carbonyl (C=O) groups is 1. The number of hydrogen-bond acceptors (Lipinski definition) is 5. The first-order valence-electron chi connectivity index (χ1n) is 7.54. The third-order valence-electron chi connectivity index (χ3n) is 4.63. The van der Waals surface area contributed by atoms with E-state index in [0.29, 0.717) is 24.9 Å². The molecule has 0 saturated carbocycles. The summed E-state index contributed by atoms with van der Waals surface area (Å²) in [5, 5.41) is 3.17. The number of fused-ring (bicyclic) bond motifs is 1. The van der Waals surface area contributed by atoms with Crippen molar-refractivity contribution in [1.82, 2.24) is 14.9 Å². The number of amides is 1. The van der Waals surface area contributed by atoms with Crippen LogP contribution in [0.15, 0.2) is 21.6 Å². The van der Waals surface area contributed by atoms with Crippen molar-refractivity contribution in [3.05, 3.63) is 17.9 Å². The minimum Gasteiger partial charge on any atom is -0.438 e. The molecule has 2 saturated heterocycles. The van der Waals surface area contributed by atoms with E-state index in [1.807, 2.05) is 0 Å². The van der Waals surface area contributed by atoms with Crippen LogP contribution in [0.3, 0.4) is 0 Å². The average molecular weight is 364 g/mol. The first-order valence-corrected chi connectivity index (χ1v) is 9.03. The number of carbonyl (C=O) groups excluding carboxylic acids is 1. The average Bonchev–Trinajstić information content (AvgIpc) is 3.13. The van der Waals surface area contributed by atoms with Crippen LogP contribution in [0, 0.1) is 11.8 Å². The summed E-state index contributed by atoms with van der Waals surface area (Å²) < 4.78 is 30.7. The maximum atomic E-state index is 12.5. The Morgan fingerprint density at radius 3 is 2.43 bits per heavy atom. The molecule has 2 N–H and O–H groups in total. The molecule has 1 aromatic heterocycles. The maximum Gasteiger partial charge on any atom is 0.289 e. The molecule has 2 aliphatic rings. The molecule has 0 unspecified atom stereocenters. The van der Waals surface area contributed by atoms with Gasteiger partial charge in [-0.05, 0) is 56.9 Å². The van der Waals surface area contributed by atoms with Gasteiger partial charge in [-0.1, -0.05) is 0 Å². The fourth-order valence-corrected chi connectivity index (χ4v) is 3.91. The van der Waals surface area contributed by atoms with Gasteiger partial charge in [-0.15, -0.1) is 12.4 Å². The molecule has 0 aromatic carbocycles. The van der Waals surface area contributed by atoms with Gasteiger partial charge in [0.05, 0.1) is 0 Å². The summed E-state index contributed by atoms with van der Waals surface area (Å²) in [5.74, 6) is 1.12. The van der Waals surface area contributed by atoms with Crippen LogP contribution in [0.5, 0.6) is 0 Å². The van der Waals surface area contributed by atoms with E-state index in [-0.39, 0.29) is 29.2 Å². The highest BCUT2D eigenvalue weighted by Gasteiger charge is 2.32. The zero-order valence-electron chi connectivity index (χ0n) is 12.9. The van der Waals surface area contributed by atoms with E-state index in [1.165, 1.54) is 19.2 Å². The van der Waals surface area contributed by atoms with Crippen molar-refractivity contribution in [1.29, 1.82) is 0 Å². The van der Waals surface area contributed by atoms with Crippen molar-refractivity contribution in [2.45, 2.75) is 17.9 Å². The third kappa shape index (κ3) is 3.71. The highest BCUT2D eigenvalue weighted by atomic mass is 35.5. The van der Waals surface area contributed by atoms with Gasteiger partial charge in [-0.2, -0.15) is 0 Å². The number of sulfonamides is 1.